The Morgan fingerprint density at radius 3 is 2.71 bits per heavy atom. The van der Waals surface area contributed by atoms with Gasteiger partial charge in [0.25, 0.3) is 5.91 Å². The van der Waals surface area contributed by atoms with Crippen molar-refractivity contribution in [1.29, 1.82) is 0 Å². The third-order valence-electron chi connectivity index (χ3n) is 2.97. The van der Waals surface area contributed by atoms with Gasteiger partial charge in [0.2, 0.25) is 0 Å². The molecule has 1 aromatic rings. The molecule has 5 nitrogen and oxygen atoms in total. The zero-order valence-electron chi connectivity index (χ0n) is 12.2. The molecule has 1 amide bonds. The number of unbranched alkanes of at least 4 members (excludes halogenated alkanes) is 2. The van der Waals surface area contributed by atoms with E-state index in [1.807, 2.05) is 6.92 Å². The smallest absolute Gasteiger partial charge is 0.303 e. The Morgan fingerprint density at radius 2 is 2.05 bits per heavy atom. The highest BCUT2D eigenvalue weighted by molar-refractivity contribution is 6.29. The minimum Gasteiger partial charge on any atom is -0.481 e. The lowest BCUT2D eigenvalue weighted by molar-refractivity contribution is -0.137. The topological polar surface area (TPSA) is 79.3 Å². The summed E-state index contributed by atoms with van der Waals surface area (Å²) in [6.45, 7) is 2.57. The largest absolute Gasteiger partial charge is 0.481 e. The van der Waals surface area contributed by atoms with Gasteiger partial charge < -0.3 is 10.4 Å². The number of hydrogen-bond donors (Lipinski definition) is 2. The standard InChI is InChI=1S/C15H21ClN2O3/c1-2-6-12-9-11(10-13(16)18-12)15(21)17-8-5-3-4-7-14(19)20/h9-10H,2-8H2,1H3,(H,17,21)(H,19,20). The molecular weight excluding hydrogens is 292 g/mol. The molecule has 0 radical (unpaired) electrons. The van der Waals surface area contributed by atoms with Crippen LogP contribution in [0.25, 0.3) is 0 Å². The lowest BCUT2D eigenvalue weighted by Crippen LogP contribution is -2.24. The quantitative estimate of drug-likeness (QED) is 0.542. The Kier molecular flexibility index (Phi) is 7.75. The molecule has 0 aliphatic carbocycles. The van der Waals surface area contributed by atoms with Crippen LogP contribution >= 0.6 is 11.6 Å². The van der Waals surface area contributed by atoms with Crippen molar-refractivity contribution in [3.8, 4) is 0 Å². The summed E-state index contributed by atoms with van der Waals surface area (Å²) in [5.41, 5.74) is 1.33. The minimum atomic E-state index is -0.783. The predicted molar refractivity (Wildman–Crippen MR) is 81.7 cm³/mol. The molecular formula is C15H21ClN2O3. The van der Waals surface area contributed by atoms with Crippen molar-refractivity contribution in [1.82, 2.24) is 10.3 Å². The van der Waals surface area contributed by atoms with E-state index in [4.69, 9.17) is 16.7 Å². The number of carboxylic acid groups (broad SMARTS) is 1. The van der Waals surface area contributed by atoms with E-state index < -0.39 is 5.97 Å². The molecule has 0 atom stereocenters. The Balaban J connectivity index is 2.39. The monoisotopic (exact) mass is 312 g/mol. The minimum absolute atomic E-state index is 0.171. The van der Waals surface area contributed by atoms with Gasteiger partial charge in [-0.15, -0.1) is 0 Å². The second-order valence-corrected chi connectivity index (χ2v) is 5.27. The van der Waals surface area contributed by atoms with Gasteiger partial charge in [-0.2, -0.15) is 0 Å². The summed E-state index contributed by atoms with van der Waals surface area (Å²) in [5, 5.41) is 11.7. The van der Waals surface area contributed by atoms with Crippen LogP contribution in [0.3, 0.4) is 0 Å². The number of hydrogen-bond acceptors (Lipinski definition) is 3. The van der Waals surface area contributed by atoms with E-state index in [9.17, 15) is 9.59 Å². The number of carbonyl (C=O) groups is 2. The normalized spacial score (nSPS) is 10.4. The number of aliphatic carboxylic acids is 1. The second-order valence-electron chi connectivity index (χ2n) is 4.88. The summed E-state index contributed by atoms with van der Waals surface area (Å²) in [5.74, 6) is -0.955. The number of nitrogens with zero attached hydrogens (tertiary/aromatic N) is 1. The Labute approximate surface area is 129 Å². The van der Waals surface area contributed by atoms with Crippen LogP contribution in [-0.4, -0.2) is 28.5 Å². The van der Waals surface area contributed by atoms with Crippen LogP contribution in [-0.2, 0) is 11.2 Å². The van der Waals surface area contributed by atoms with E-state index in [0.717, 1.165) is 31.4 Å². The van der Waals surface area contributed by atoms with Gasteiger partial charge in [-0.05, 0) is 31.4 Å². The van der Waals surface area contributed by atoms with Gasteiger partial charge in [0.05, 0.1) is 0 Å². The van der Waals surface area contributed by atoms with Crippen LogP contribution in [0.1, 0.15) is 55.1 Å². The molecule has 1 heterocycles. The maximum absolute atomic E-state index is 12.0. The average molecular weight is 313 g/mol. The Hall–Kier alpha value is -1.62. The number of amides is 1. The van der Waals surface area contributed by atoms with E-state index in [2.05, 4.69) is 10.3 Å². The highest BCUT2D eigenvalue weighted by atomic mass is 35.5. The summed E-state index contributed by atoms with van der Waals surface area (Å²) < 4.78 is 0. The first-order chi connectivity index (χ1) is 10.0. The zero-order valence-corrected chi connectivity index (χ0v) is 12.9. The number of aryl methyl sites for hydroxylation is 1. The fourth-order valence-corrected chi connectivity index (χ4v) is 2.17. The predicted octanol–water partition coefficient (Wildman–Crippen LogP) is 3.06. The van der Waals surface area contributed by atoms with Gasteiger partial charge in [0.1, 0.15) is 5.15 Å². The van der Waals surface area contributed by atoms with Crippen LogP contribution in [0.5, 0.6) is 0 Å². The van der Waals surface area contributed by atoms with Gasteiger partial charge >= 0.3 is 5.97 Å². The maximum atomic E-state index is 12.0. The molecule has 0 aliphatic rings. The van der Waals surface area contributed by atoms with Gasteiger partial charge in [-0.1, -0.05) is 31.4 Å². The first kappa shape index (κ1) is 17.4. The summed E-state index contributed by atoms with van der Waals surface area (Å²) in [4.78, 5) is 26.5. The van der Waals surface area contributed by atoms with Crippen molar-refractivity contribution in [3.63, 3.8) is 0 Å². The zero-order chi connectivity index (χ0) is 15.7. The fourth-order valence-electron chi connectivity index (χ4n) is 1.95. The molecule has 0 unspecified atom stereocenters. The molecule has 6 heteroatoms. The van der Waals surface area contributed by atoms with Crippen LogP contribution in [0.15, 0.2) is 12.1 Å². The third kappa shape index (κ3) is 7.09. The SMILES string of the molecule is CCCc1cc(C(=O)NCCCCCC(=O)O)cc(Cl)n1. The van der Waals surface area contributed by atoms with Crippen LogP contribution in [0, 0.1) is 0 Å². The molecule has 0 aliphatic heterocycles. The average Bonchev–Trinajstić information content (AvgIpc) is 2.41. The van der Waals surface area contributed by atoms with E-state index in [1.165, 1.54) is 0 Å². The van der Waals surface area contributed by atoms with Gasteiger partial charge in [0, 0.05) is 24.2 Å². The van der Waals surface area contributed by atoms with Crippen molar-refractivity contribution in [2.75, 3.05) is 6.54 Å². The number of pyridine rings is 1. The number of carbonyl (C=O) groups excluding carboxylic acids is 1. The van der Waals surface area contributed by atoms with Crippen molar-refractivity contribution in [2.24, 2.45) is 0 Å². The molecule has 0 fully saturated rings. The molecule has 116 valence electrons. The summed E-state index contributed by atoms with van der Waals surface area (Å²) in [7, 11) is 0. The van der Waals surface area contributed by atoms with Crippen LogP contribution in [0.2, 0.25) is 5.15 Å². The van der Waals surface area contributed by atoms with Crippen molar-refractivity contribution < 1.29 is 14.7 Å². The Morgan fingerprint density at radius 1 is 1.29 bits per heavy atom. The lowest BCUT2D eigenvalue weighted by atomic mass is 10.1. The van der Waals surface area contributed by atoms with Crippen LogP contribution < -0.4 is 5.32 Å². The molecule has 21 heavy (non-hydrogen) atoms. The van der Waals surface area contributed by atoms with E-state index in [0.29, 0.717) is 23.7 Å². The first-order valence-electron chi connectivity index (χ1n) is 7.19. The molecule has 0 saturated heterocycles. The van der Waals surface area contributed by atoms with E-state index in [-0.39, 0.29) is 12.3 Å². The van der Waals surface area contributed by atoms with E-state index >= 15 is 0 Å². The van der Waals surface area contributed by atoms with Crippen LogP contribution in [0.4, 0.5) is 0 Å². The van der Waals surface area contributed by atoms with Gasteiger partial charge in [0.15, 0.2) is 0 Å². The number of nitrogens with one attached hydrogen (secondary N) is 1. The number of carboxylic acids is 1. The fraction of sp³-hybridized carbons (Fsp3) is 0.533. The van der Waals surface area contributed by atoms with Gasteiger partial charge in [-0.3, -0.25) is 9.59 Å². The van der Waals surface area contributed by atoms with Crippen molar-refractivity contribution in [3.05, 3.63) is 28.5 Å². The highest BCUT2D eigenvalue weighted by Gasteiger charge is 2.08. The Bertz CT molecular complexity index is 492. The highest BCUT2D eigenvalue weighted by Crippen LogP contribution is 2.12. The number of rotatable bonds is 9. The molecule has 0 aromatic carbocycles. The molecule has 2 N–H and O–H groups in total. The molecule has 0 bridgehead atoms. The number of aromatic nitrogens is 1. The molecule has 0 saturated carbocycles. The van der Waals surface area contributed by atoms with Crippen molar-refractivity contribution >= 4 is 23.5 Å². The summed E-state index contributed by atoms with van der Waals surface area (Å²) in [6, 6.07) is 3.32. The molecule has 1 aromatic heterocycles. The summed E-state index contributed by atoms with van der Waals surface area (Å²) in [6.07, 6.45) is 4.08. The lowest BCUT2D eigenvalue weighted by Gasteiger charge is -2.07. The summed E-state index contributed by atoms with van der Waals surface area (Å²) >= 11 is 5.92. The molecule has 0 spiro atoms. The van der Waals surface area contributed by atoms with E-state index in [1.54, 1.807) is 12.1 Å². The van der Waals surface area contributed by atoms with Crippen molar-refractivity contribution in [2.45, 2.75) is 45.4 Å². The number of halogens is 1. The first-order valence-corrected chi connectivity index (χ1v) is 7.57. The second kappa shape index (κ2) is 9.34. The molecule has 1 rings (SSSR count). The third-order valence-corrected chi connectivity index (χ3v) is 3.16. The maximum Gasteiger partial charge on any atom is 0.303 e. The van der Waals surface area contributed by atoms with Gasteiger partial charge in [-0.25, -0.2) is 4.98 Å².